The number of amides is 2. The molecule has 0 bridgehead atoms. The Bertz CT molecular complexity index is 625. The number of carboxylic acids is 1. The van der Waals surface area contributed by atoms with Gasteiger partial charge in [0.05, 0.1) is 18.1 Å². The third kappa shape index (κ3) is 3.90. The molecule has 1 atom stereocenters. The number of carbonyl (C=O) groups is 2. The molecule has 2 heterocycles. The summed E-state index contributed by atoms with van der Waals surface area (Å²) >= 11 is 1.13. The molecule has 1 fully saturated rings. The van der Waals surface area contributed by atoms with Crippen molar-refractivity contribution in [2.75, 3.05) is 11.5 Å². The molecule has 2 rings (SSSR count). The van der Waals surface area contributed by atoms with Crippen molar-refractivity contribution in [2.24, 2.45) is 0 Å². The van der Waals surface area contributed by atoms with Crippen LogP contribution in [0, 0.1) is 0 Å². The van der Waals surface area contributed by atoms with Gasteiger partial charge >= 0.3 is 12.0 Å². The van der Waals surface area contributed by atoms with Gasteiger partial charge in [0.2, 0.25) is 0 Å². The van der Waals surface area contributed by atoms with Gasteiger partial charge in [0.15, 0.2) is 15.5 Å². The minimum atomic E-state index is -3.03. The zero-order valence-corrected chi connectivity index (χ0v) is 12.0. The van der Waals surface area contributed by atoms with Crippen LogP contribution in [0.1, 0.15) is 21.9 Å². The lowest BCUT2D eigenvalue weighted by Crippen LogP contribution is -2.42. The number of nitrogens with zero attached hydrogens (tertiary/aromatic N) is 1. The molecule has 8 nitrogen and oxygen atoms in total. The summed E-state index contributed by atoms with van der Waals surface area (Å²) in [5, 5.41) is 15.6. The first-order valence-corrected chi connectivity index (χ1v) is 8.48. The number of carbonyl (C=O) groups excluding carboxylic acids is 1. The Kier molecular flexibility index (Phi) is 4.23. The Morgan fingerprint density at radius 2 is 2.25 bits per heavy atom. The van der Waals surface area contributed by atoms with Crippen LogP contribution in [0.25, 0.3) is 0 Å². The zero-order chi connectivity index (χ0) is 14.8. The summed E-state index contributed by atoms with van der Waals surface area (Å²) in [6.45, 7) is 0.100. The van der Waals surface area contributed by atoms with Crippen molar-refractivity contribution in [3.05, 3.63) is 16.1 Å². The molecular weight excluding hydrogens is 306 g/mol. The van der Waals surface area contributed by atoms with Crippen LogP contribution in [-0.2, 0) is 16.4 Å². The first-order valence-electron chi connectivity index (χ1n) is 5.78. The second kappa shape index (κ2) is 5.75. The van der Waals surface area contributed by atoms with Crippen LogP contribution < -0.4 is 10.6 Å². The van der Waals surface area contributed by atoms with Crippen LogP contribution in [0.15, 0.2) is 5.38 Å². The first kappa shape index (κ1) is 14.7. The summed E-state index contributed by atoms with van der Waals surface area (Å²) in [4.78, 5) is 26.0. The van der Waals surface area contributed by atoms with Crippen molar-refractivity contribution in [3.8, 4) is 0 Å². The average Bonchev–Trinajstić information content (AvgIpc) is 2.93. The van der Waals surface area contributed by atoms with Crippen molar-refractivity contribution < 1.29 is 23.1 Å². The van der Waals surface area contributed by atoms with Crippen LogP contribution in [0.3, 0.4) is 0 Å². The van der Waals surface area contributed by atoms with E-state index in [0.29, 0.717) is 11.4 Å². The molecule has 110 valence electrons. The van der Waals surface area contributed by atoms with Gasteiger partial charge in [-0.3, -0.25) is 0 Å². The SMILES string of the molecule is O=C(NCc1nc(C(=O)O)cs1)NC1CCS(=O)(=O)C1. The van der Waals surface area contributed by atoms with Gasteiger partial charge in [0.1, 0.15) is 5.01 Å². The monoisotopic (exact) mass is 319 g/mol. The number of thiazole rings is 1. The summed E-state index contributed by atoms with van der Waals surface area (Å²) in [6, 6.07) is -0.856. The number of carboxylic acid groups (broad SMARTS) is 1. The average molecular weight is 319 g/mol. The van der Waals surface area contributed by atoms with Gasteiger partial charge in [-0.05, 0) is 6.42 Å². The van der Waals surface area contributed by atoms with E-state index in [1.165, 1.54) is 5.38 Å². The Balaban J connectivity index is 1.79. The van der Waals surface area contributed by atoms with Crippen molar-refractivity contribution in [3.63, 3.8) is 0 Å². The number of aromatic carboxylic acids is 1. The fourth-order valence-corrected chi connectivity index (χ4v) is 4.17. The molecule has 1 aliphatic heterocycles. The van der Waals surface area contributed by atoms with E-state index in [2.05, 4.69) is 15.6 Å². The number of hydrogen-bond acceptors (Lipinski definition) is 6. The lowest BCUT2D eigenvalue weighted by Gasteiger charge is -2.11. The number of hydrogen-bond donors (Lipinski definition) is 3. The maximum Gasteiger partial charge on any atom is 0.355 e. The van der Waals surface area contributed by atoms with Gasteiger partial charge in [-0.15, -0.1) is 11.3 Å². The minimum Gasteiger partial charge on any atom is -0.476 e. The number of rotatable bonds is 4. The third-order valence-electron chi connectivity index (χ3n) is 2.74. The standard InChI is InChI=1S/C10H13N3O5S2/c14-9(15)7-4-19-8(13-7)3-11-10(16)12-6-1-2-20(17,18)5-6/h4,6H,1-3,5H2,(H,14,15)(H2,11,12,16). The fraction of sp³-hybridized carbons (Fsp3) is 0.500. The van der Waals surface area contributed by atoms with E-state index in [9.17, 15) is 18.0 Å². The van der Waals surface area contributed by atoms with Crippen molar-refractivity contribution in [1.82, 2.24) is 15.6 Å². The Labute approximate surface area is 119 Å². The van der Waals surface area contributed by atoms with Crippen LogP contribution in [-0.4, -0.2) is 48.1 Å². The van der Waals surface area contributed by atoms with Gasteiger partial charge in [0.25, 0.3) is 0 Å². The smallest absolute Gasteiger partial charge is 0.355 e. The van der Waals surface area contributed by atoms with Crippen molar-refractivity contribution >= 4 is 33.2 Å². The highest BCUT2D eigenvalue weighted by atomic mass is 32.2. The molecule has 20 heavy (non-hydrogen) atoms. The number of urea groups is 1. The molecule has 0 spiro atoms. The lowest BCUT2D eigenvalue weighted by atomic mass is 10.3. The predicted octanol–water partition coefficient (Wildman–Crippen LogP) is -0.172. The molecular formula is C10H13N3O5S2. The van der Waals surface area contributed by atoms with E-state index in [0.717, 1.165) is 11.3 Å². The summed E-state index contributed by atoms with van der Waals surface area (Å²) in [5.41, 5.74) is -0.0610. The normalized spacial score (nSPS) is 20.5. The van der Waals surface area contributed by atoms with E-state index in [-0.39, 0.29) is 29.8 Å². The largest absolute Gasteiger partial charge is 0.476 e. The molecule has 0 saturated carbocycles. The van der Waals surface area contributed by atoms with Crippen molar-refractivity contribution in [2.45, 2.75) is 19.0 Å². The topological polar surface area (TPSA) is 125 Å². The van der Waals surface area contributed by atoms with E-state index in [1.807, 2.05) is 0 Å². The Morgan fingerprint density at radius 1 is 1.50 bits per heavy atom. The van der Waals surface area contributed by atoms with Gasteiger partial charge in [-0.2, -0.15) is 0 Å². The summed E-state index contributed by atoms with van der Waals surface area (Å²) in [6.07, 6.45) is 0.413. The van der Waals surface area contributed by atoms with E-state index >= 15 is 0 Å². The highest BCUT2D eigenvalue weighted by Gasteiger charge is 2.28. The van der Waals surface area contributed by atoms with Gasteiger partial charge in [0, 0.05) is 11.4 Å². The summed E-state index contributed by atoms with van der Waals surface area (Å²) in [5.74, 6) is -1.07. The summed E-state index contributed by atoms with van der Waals surface area (Å²) in [7, 11) is -3.03. The van der Waals surface area contributed by atoms with Crippen LogP contribution in [0.4, 0.5) is 4.79 Å². The molecule has 1 saturated heterocycles. The molecule has 10 heteroatoms. The highest BCUT2D eigenvalue weighted by molar-refractivity contribution is 7.91. The molecule has 1 aromatic rings. The first-order chi connectivity index (χ1) is 9.35. The molecule has 2 amide bonds. The van der Waals surface area contributed by atoms with Gasteiger partial charge < -0.3 is 15.7 Å². The quantitative estimate of drug-likeness (QED) is 0.707. The highest BCUT2D eigenvalue weighted by Crippen LogP contribution is 2.11. The second-order valence-corrected chi connectivity index (χ2v) is 7.53. The molecule has 0 radical (unpaired) electrons. The zero-order valence-electron chi connectivity index (χ0n) is 10.3. The number of nitrogens with one attached hydrogen (secondary N) is 2. The predicted molar refractivity (Wildman–Crippen MR) is 71.5 cm³/mol. The van der Waals surface area contributed by atoms with Gasteiger partial charge in [-0.1, -0.05) is 0 Å². The van der Waals surface area contributed by atoms with Crippen LogP contribution in [0.2, 0.25) is 0 Å². The second-order valence-electron chi connectivity index (χ2n) is 4.36. The molecule has 1 unspecified atom stereocenters. The maximum absolute atomic E-state index is 11.6. The minimum absolute atomic E-state index is 0.0408. The number of sulfone groups is 1. The van der Waals surface area contributed by atoms with E-state index in [1.54, 1.807) is 0 Å². The van der Waals surface area contributed by atoms with Crippen molar-refractivity contribution in [1.29, 1.82) is 0 Å². The molecule has 0 aliphatic carbocycles. The molecule has 1 aliphatic rings. The molecule has 0 aromatic carbocycles. The fourth-order valence-electron chi connectivity index (χ4n) is 1.79. The van der Waals surface area contributed by atoms with E-state index < -0.39 is 21.8 Å². The van der Waals surface area contributed by atoms with E-state index in [4.69, 9.17) is 5.11 Å². The lowest BCUT2D eigenvalue weighted by molar-refractivity contribution is 0.0691. The maximum atomic E-state index is 11.6. The van der Waals surface area contributed by atoms with Crippen LogP contribution in [0.5, 0.6) is 0 Å². The summed E-state index contributed by atoms with van der Waals surface area (Å²) < 4.78 is 22.5. The van der Waals surface area contributed by atoms with Gasteiger partial charge in [-0.25, -0.2) is 23.0 Å². The third-order valence-corrected chi connectivity index (χ3v) is 5.36. The molecule has 1 aromatic heterocycles. The Morgan fingerprint density at radius 3 is 2.80 bits per heavy atom. The van der Waals surface area contributed by atoms with Crippen LogP contribution >= 0.6 is 11.3 Å². The Hall–Kier alpha value is -1.68. The number of aromatic nitrogens is 1. The molecule has 3 N–H and O–H groups in total.